The molecule has 1 aliphatic heterocycles. The quantitative estimate of drug-likeness (QED) is 0.534. The smallest absolute Gasteiger partial charge is 0.213 e. The largest absolute Gasteiger partial charge is 0.489 e. The molecule has 0 bridgehead atoms. The first-order valence-electron chi connectivity index (χ1n) is 11.0. The summed E-state index contributed by atoms with van der Waals surface area (Å²) in [5, 5.41) is 0. The number of piperidine rings is 1. The number of rotatable bonds is 8. The molecule has 1 saturated heterocycles. The van der Waals surface area contributed by atoms with Crippen LogP contribution in [0.3, 0.4) is 0 Å². The summed E-state index contributed by atoms with van der Waals surface area (Å²) in [4.78, 5) is 22.3. The summed E-state index contributed by atoms with van der Waals surface area (Å²) in [7, 11) is 3.68. The van der Waals surface area contributed by atoms with Crippen molar-refractivity contribution in [2.45, 2.75) is 32.3 Å². The second-order valence-corrected chi connectivity index (χ2v) is 7.98. The summed E-state index contributed by atoms with van der Waals surface area (Å²) in [5.74, 6) is 3.34. The van der Waals surface area contributed by atoms with Gasteiger partial charge in [-0.15, -0.1) is 0 Å². The van der Waals surface area contributed by atoms with Gasteiger partial charge in [-0.3, -0.25) is 4.98 Å². The highest BCUT2D eigenvalue weighted by molar-refractivity contribution is 5.59. The van der Waals surface area contributed by atoms with Crippen molar-refractivity contribution in [3.8, 4) is 11.6 Å². The molecule has 0 spiro atoms. The number of hydrogen-bond acceptors (Lipinski definition) is 8. The molecule has 0 N–H and O–H groups in total. The van der Waals surface area contributed by atoms with Gasteiger partial charge in [0.15, 0.2) is 0 Å². The standard InChI is InChI=1S/C24H30N6O2/c1-18-23(29(2)13-9-19-6-4-5-12-25-19)27-17-28-24(18)30-14-10-20(11-15-30)32-21-7-8-22(31-3)26-16-21/h4-8,12,16-17,20H,9-11,13-15H2,1-3H3. The number of likely N-dealkylation sites (N-methyl/N-ethyl adjacent to an activating group) is 1. The maximum absolute atomic E-state index is 6.11. The van der Waals surface area contributed by atoms with Crippen molar-refractivity contribution in [1.29, 1.82) is 0 Å². The van der Waals surface area contributed by atoms with E-state index < -0.39 is 0 Å². The molecular formula is C24H30N6O2. The third-order valence-electron chi connectivity index (χ3n) is 5.78. The predicted molar refractivity (Wildman–Crippen MR) is 125 cm³/mol. The Morgan fingerprint density at radius 3 is 2.59 bits per heavy atom. The van der Waals surface area contributed by atoms with Crippen molar-refractivity contribution in [2.75, 3.05) is 43.6 Å². The zero-order valence-electron chi connectivity index (χ0n) is 18.9. The van der Waals surface area contributed by atoms with Gasteiger partial charge in [0.1, 0.15) is 29.8 Å². The first-order valence-corrected chi connectivity index (χ1v) is 11.0. The van der Waals surface area contributed by atoms with Gasteiger partial charge in [0.05, 0.1) is 13.3 Å². The number of nitrogens with zero attached hydrogens (tertiary/aromatic N) is 6. The third-order valence-corrected chi connectivity index (χ3v) is 5.78. The Labute approximate surface area is 189 Å². The number of hydrogen-bond donors (Lipinski definition) is 0. The molecule has 0 amide bonds. The monoisotopic (exact) mass is 434 g/mol. The lowest BCUT2D eigenvalue weighted by Gasteiger charge is -2.34. The summed E-state index contributed by atoms with van der Waals surface area (Å²) in [6.45, 7) is 4.74. The molecule has 168 valence electrons. The molecule has 0 radical (unpaired) electrons. The lowest BCUT2D eigenvalue weighted by Crippen LogP contribution is -2.39. The van der Waals surface area contributed by atoms with Gasteiger partial charge < -0.3 is 19.3 Å². The number of ether oxygens (including phenoxy) is 2. The Kier molecular flexibility index (Phi) is 6.99. The van der Waals surface area contributed by atoms with Gasteiger partial charge >= 0.3 is 0 Å². The van der Waals surface area contributed by atoms with Crippen LogP contribution in [0.25, 0.3) is 0 Å². The zero-order valence-corrected chi connectivity index (χ0v) is 18.9. The fourth-order valence-corrected chi connectivity index (χ4v) is 4.00. The normalized spacial score (nSPS) is 14.3. The molecule has 0 aliphatic carbocycles. The molecule has 4 heterocycles. The molecule has 8 heteroatoms. The van der Waals surface area contributed by atoms with Crippen LogP contribution in [0.5, 0.6) is 11.6 Å². The topological polar surface area (TPSA) is 76.5 Å². The van der Waals surface area contributed by atoms with Crippen molar-refractivity contribution >= 4 is 11.6 Å². The number of pyridine rings is 2. The first-order chi connectivity index (χ1) is 15.6. The van der Waals surface area contributed by atoms with E-state index in [1.54, 1.807) is 19.6 Å². The number of methoxy groups -OCH3 is 1. The Balaban J connectivity index is 1.35. The van der Waals surface area contributed by atoms with Gasteiger partial charge in [-0.1, -0.05) is 6.07 Å². The van der Waals surface area contributed by atoms with Crippen LogP contribution in [0.2, 0.25) is 0 Å². The Morgan fingerprint density at radius 1 is 1.06 bits per heavy atom. The van der Waals surface area contributed by atoms with E-state index in [9.17, 15) is 0 Å². The van der Waals surface area contributed by atoms with Crippen molar-refractivity contribution in [2.24, 2.45) is 0 Å². The van der Waals surface area contributed by atoms with Crippen molar-refractivity contribution in [1.82, 2.24) is 19.9 Å². The fraction of sp³-hybridized carbons (Fsp3) is 0.417. The average Bonchev–Trinajstić information content (AvgIpc) is 2.84. The van der Waals surface area contributed by atoms with Crippen molar-refractivity contribution < 1.29 is 9.47 Å². The summed E-state index contributed by atoms with van der Waals surface area (Å²) in [6.07, 6.45) is 8.12. The summed E-state index contributed by atoms with van der Waals surface area (Å²) < 4.78 is 11.2. The highest BCUT2D eigenvalue weighted by Gasteiger charge is 2.24. The molecule has 8 nitrogen and oxygen atoms in total. The molecule has 0 aromatic carbocycles. The van der Waals surface area contributed by atoms with Crippen LogP contribution in [-0.4, -0.2) is 59.8 Å². The minimum Gasteiger partial charge on any atom is -0.489 e. The van der Waals surface area contributed by atoms with E-state index in [0.717, 1.165) is 67.5 Å². The number of aromatic nitrogens is 4. The summed E-state index contributed by atoms with van der Waals surface area (Å²) >= 11 is 0. The van der Waals surface area contributed by atoms with E-state index in [-0.39, 0.29) is 6.10 Å². The molecule has 0 atom stereocenters. The molecule has 1 aliphatic rings. The minimum absolute atomic E-state index is 0.170. The second-order valence-electron chi connectivity index (χ2n) is 7.98. The fourth-order valence-electron chi connectivity index (χ4n) is 4.00. The lowest BCUT2D eigenvalue weighted by molar-refractivity contribution is 0.169. The summed E-state index contributed by atoms with van der Waals surface area (Å²) in [6, 6.07) is 9.74. The van der Waals surface area contributed by atoms with Gasteiger partial charge in [-0.05, 0) is 25.1 Å². The van der Waals surface area contributed by atoms with Crippen LogP contribution in [0.4, 0.5) is 11.6 Å². The number of anilines is 2. The van der Waals surface area contributed by atoms with E-state index in [4.69, 9.17) is 9.47 Å². The van der Waals surface area contributed by atoms with Gasteiger partial charge in [0, 0.05) is 69.5 Å². The molecule has 0 unspecified atom stereocenters. The Morgan fingerprint density at radius 2 is 1.91 bits per heavy atom. The maximum Gasteiger partial charge on any atom is 0.213 e. The van der Waals surface area contributed by atoms with Crippen LogP contribution in [0.1, 0.15) is 24.1 Å². The molecule has 3 aromatic rings. The van der Waals surface area contributed by atoms with Crippen LogP contribution < -0.4 is 19.3 Å². The second kappa shape index (κ2) is 10.3. The average molecular weight is 435 g/mol. The molecule has 4 rings (SSSR count). The minimum atomic E-state index is 0.170. The summed E-state index contributed by atoms with van der Waals surface area (Å²) in [5.41, 5.74) is 2.19. The molecule has 0 saturated carbocycles. The Hall–Kier alpha value is -3.42. The SMILES string of the molecule is COc1ccc(OC2CCN(c3ncnc(N(C)CCc4ccccn4)c3C)CC2)cn1. The molecular weight excluding hydrogens is 404 g/mol. The van der Waals surface area contributed by atoms with E-state index in [1.165, 1.54) is 0 Å². The van der Waals surface area contributed by atoms with E-state index in [2.05, 4.69) is 49.8 Å². The third kappa shape index (κ3) is 5.25. The lowest BCUT2D eigenvalue weighted by atomic mass is 10.1. The van der Waals surface area contributed by atoms with Crippen LogP contribution in [-0.2, 0) is 6.42 Å². The van der Waals surface area contributed by atoms with Crippen molar-refractivity contribution in [3.63, 3.8) is 0 Å². The van der Waals surface area contributed by atoms with Crippen molar-refractivity contribution in [3.05, 3.63) is 60.3 Å². The van der Waals surface area contributed by atoms with Crippen LogP contribution in [0.15, 0.2) is 49.1 Å². The van der Waals surface area contributed by atoms with E-state index in [1.807, 2.05) is 30.5 Å². The van der Waals surface area contributed by atoms with Crippen LogP contribution >= 0.6 is 0 Å². The maximum atomic E-state index is 6.11. The van der Waals surface area contributed by atoms with Gasteiger partial charge in [-0.2, -0.15) is 0 Å². The van der Waals surface area contributed by atoms with Gasteiger partial charge in [0.25, 0.3) is 0 Å². The van der Waals surface area contributed by atoms with E-state index in [0.29, 0.717) is 5.88 Å². The molecule has 3 aromatic heterocycles. The first kappa shape index (κ1) is 21.8. The highest BCUT2D eigenvalue weighted by atomic mass is 16.5. The molecule has 32 heavy (non-hydrogen) atoms. The predicted octanol–water partition coefficient (Wildman–Crippen LogP) is 3.31. The Bertz CT molecular complexity index is 991. The molecule has 1 fully saturated rings. The zero-order chi connectivity index (χ0) is 22.3. The van der Waals surface area contributed by atoms with Crippen LogP contribution in [0, 0.1) is 6.92 Å². The van der Waals surface area contributed by atoms with Gasteiger partial charge in [-0.25, -0.2) is 15.0 Å². The van der Waals surface area contributed by atoms with Gasteiger partial charge in [0.2, 0.25) is 5.88 Å². The van der Waals surface area contributed by atoms with E-state index >= 15 is 0 Å². The highest BCUT2D eigenvalue weighted by Crippen LogP contribution is 2.28.